The van der Waals surface area contributed by atoms with Crippen molar-refractivity contribution in [3.05, 3.63) is 23.9 Å². The number of piperidine rings is 1. The summed E-state index contributed by atoms with van der Waals surface area (Å²) >= 11 is 0. The fourth-order valence-corrected chi connectivity index (χ4v) is 3.59. The van der Waals surface area contributed by atoms with Crippen molar-refractivity contribution in [2.45, 2.75) is 18.3 Å². The predicted octanol–water partition coefficient (Wildman–Crippen LogP) is 1.41. The second kappa shape index (κ2) is 7.56. The van der Waals surface area contributed by atoms with Crippen LogP contribution in [0.2, 0.25) is 0 Å². The second-order valence-electron chi connectivity index (χ2n) is 5.65. The summed E-state index contributed by atoms with van der Waals surface area (Å²) in [5.74, 6) is 0.0631. The lowest BCUT2D eigenvalue weighted by molar-refractivity contribution is -0.0496. The van der Waals surface area contributed by atoms with E-state index in [9.17, 15) is 26.4 Å². The number of sulfonamides is 1. The van der Waals surface area contributed by atoms with Gasteiger partial charge in [0.25, 0.3) is 5.91 Å². The van der Waals surface area contributed by atoms with E-state index in [0.717, 1.165) is 0 Å². The number of hydrogen-bond acceptors (Lipinski definition) is 5. The van der Waals surface area contributed by atoms with E-state index in [2.05, 4.69) is 15.6 Å². The number of rotatable bonds is 5. The quantitative estimate of drug-likeness (QED) is 0.806. The van der Waals surface area contributed by atoms with E-state index in [-0.39, 0.29) is 24.9 Å². The van der Waals surface area contributed by atoms with Gasteiger partial charge in [0.15, 0.2) is 0 Å². The Labute approximate surface area is 143 Å². The highest BCUT2D eigenvalue weighted by Gasteiger charge is 2.50. The SMILES string of the molecule is CNC(=O)c1cccnc1NCC1CCN(S(=O)(=O)C(F)(F)F)CC1. The molecule has 1 aliphatic heterocycles. The van der Waals surface area contributed by atoms with Gasteiger partial charge in [0.1, 0.15) is 5.82 Å². The molecule has 1 aliphatic rings. The summed E-state index contributed by atoms with van der Waals surface area (Å²) in [6, 6.07) is 3.23. The van der Waals surface area contributed by atoms with Crippen molar-refractivity contribution in [1.29, 1.82) is 0 Å². The minimum atomic E-state index is -5.27. The Hall–Kier alpha value is -1.88. The zero-order valence-electron chi connectivity index (χ0n) is 13.5. The molecule has 2 N–H and O–H groups in total. The Morgan fingerprint density at radius 2 is 2.00 bits per heavy atom. The molecule has 0 aromatic carbocycles. The molecule has 1 aromatic heterocycles. The highest BCUT2D eigenvalue weighted by Crippen LogP contribution is 2.30. The number of nitrogens with one attached hydrogen (secondary N) is 2. The van der Waals surface area contributed by atoms with Gasteiger partial charge in [-0.05, 0) is 30.9 Å². The molecule has 25 heavy (non-hydrogen) atoms. The van der Waals surface area contributed by atoms with E-state index in [1.165, 1.54) is 13.2 Å². The zero-order chi connectivity index (χ0) is 18.7. The summed E-state index contributed by atoms with van der Waals surface area (Å²) in [5.41, 5.74) is -4.91. The van der Waals surface area contributed by atoms with Crippen LogP contribution in [0.3, 0.4) is 0 Å². The number of pyridine rings is 1. The molecule has 11 heteroatoms. The number of carbonyl (C=O) groups excluding carboxylic acids is 1. The van der Waals surface area contributed by atoms with Crippen LogP contribution in [0.4, 0.5) is 19.0 Å². The van der Waals surface area contributed by atoms with Crippen LogP contribution in [-0.4, -0.2) is 55.8 Å². The van der Waals surface area contributed by atoms with E-state index in [0.29, 0.717) is 35.1 Å². The van der Waals surface area contributed by atoms with Crippen LogP contribution < -0.4 is 10.6 Å². The molecule has 1 aromatic rings. The zero-order valence-corrected chi connectivity index (χ0v) is 14.3. The number of anilines is 1. The van der Waals surface area contributed by atoms with Gasteiger partial charge in [-0.25, -0.2) is 13.4 Å². The van der Waals surface area contributed by atoms with Crippen molar-refractivity contribution < 1.29 is 26.4 Å². The van der Waals surface area contributed by atoms with Crippen molar-refractivity contribution in [2.24, 2.45) is 5.92 Å². The summed E-state index contributed by atoms with van der Waals surface area (Å²) < 4.78 is 60.9. The number of amides is 1. The fourth-order valence-electron chi connectivity index (χ4n) is 2.61. The van der Waals surface area contributed by atoms with E-state index >= 15 is 0 Å². The molecule has 0 atom stereocenters. The molecule has 0 bridgehead atoms. The first-order valence-corrected chi connectivity index (χ1v) is 9.08. The van der Waals surface area contributed by atoms with Gasteiger partial charge in [-0.15, -0.1) is 0 Å². The first kappa shape index (κ1) is 19.4. The van der Waals surface area contributed by atoms with Crippen LogP contribution in [-0.2, 0) is 10.0 Å². The van der Waals surface area contributed by atoms with Crippen LogP contribution in [0, 0.1) is 5.92 Å². The van der Waals surface area contributed by atoms with E-state index in [1.807, 2.05) is 0 Å². The van der Waals surface area contributed by atoms with E-state index < -0.39 is 15.5 Å². The van der Waals surface area contributed by atoms with Crippen LogP contribution >= 0.6 is 0 Å². The molecule has 0 aliphatic carbocycles. The molecule has 7 nitrogen and oxygen atoms in total. The first-order valence-electron chi connectivity index (χ1n) is 7.64. The number of halogens is 3. The maximum absolute atomic E-state index is 12.6. The minimum Gasteiger partial charge on any atom is -0.369 e. The summed E-state index contributed by atoms with van der Waals surface area (Å²) in [4.78, 5) is 15.9. The third-order valence-corrected chi connectivity index (χ3v) is 5.67. The Bertz CT molecular complexity index is 716. The molecule has 1 fully saturated rings. The highest BCUT2D eigenvalue weighted by atomic mass is 32.2. The van der Waals surface area contributed by atoms with Gasteiger partial charge in [0.2, 0.25) is 0 Å². The molecule has 0 spiro atoms. The third kappa shape index (κ3) is 4.40. The average molecular weight is 380 g/mol. The lowest BCUT2D eigenvalue weighted by Crippen LogP contribution is -2.45. The Kier molecular flexibility index (Phi) is 5.88. The lowest BCUT2D eigenvalue weighted by Gasteiger charge is -2.31. The first-order chi connectivity index (χ1) is 11.7. The van der Waals surface area contributed by atoms with Gasteiger partial charge in [0.05, 0.1) is 5.56 Å². The monoisotopic (exact) mass is 380 g/mol. The van der Waals surface area contributed by atoms with Crippen LogP contribution in [0.25, 0.3) is 0 Å². The molecule has 1 saturated heterocycles. The molecule has 140 valence electrons. The van der Waals surface area contributed by atoms with Gasteiger partial charge in [-0.2, -0.15) is 17.5 Å². The normalized spacial score (nSPS) is 17.3. The minimum absolute atomic E-state index is 0.0146. The Balaban J connectivity index is 1.93. The number of nitrogens with zero attached hydrogens (tertiary/aromatic N) is 2. The molecular weight excluding hydrogens is 361 g/mol. The number of aromatic nitrogens is 1. The van der Waals surface area contributed by atoms with Crippen molar-refractivity contribution in [2.75, 3.05) is 32.0 Å². The second-order valence-corrected chi connectivity index (χ2v) is 7.58. The average Bonchev–Trinajstić information content (AvgIpc) is 2.59. The number of alkyl halides is 3. The van der Waals surface area contributed by atoms with Crippen LogP contribution in [0.5, 0.6) is 0 Å². The van der Waals surface area contributed by atoms with Crippen molar-refractivity contribution in [1.82, 2.24) is 14.6 Å². The lowest BCUT2D eigenvalue weighted by atomic mass is 9.98. The smallest absolute Gasteiger partial charge is 0.369 e. The molecule has 0 radical (unpaired) electrons. The largest absolute Gasteiger partial charge is 0.511 e. The Morgan fingerprint density at radius 1 is 1.36 bits per heavy atom. The highest BCUT2D eigenvalue weighted by molar-refractivity contribution is 7.90. The van der Waals surface area contributed by atoms with Crippen molar-refractivity contribution in [3.8, 4) is 0 Å². The Morgan fingerprint density at radius 3 is 2.56 bits per heavy atom. The molecule has 2 rings (SSSR count). The van der Waals surface area contributed by atoms with Gasteiger partial charge >= 0.3 is 15.5 Å². The summed E-state index contributed by atoms with van der Waals surface area (Å²) in [6.45, 7) is 0.0261. The van der Waals surface area contributed by atoms with Crippen LogP contribution in [0.1, 0.15) is 23.2 Å². The predicted molar refractivity (Wildman–Crippen MR) is 85.4 cm³/mol. The summed E-state index contributed by atoms with van der Waals surface area (Å²) in [6.07, 6.45) is 2.11. The van der Waals surface area contributed by atoms with Gasteiger partial charge in [-0.3, -0.25) is 4.79 Å². The number of carbonyl (C=O) groups is 1. The topological polar surface area (TPSA) is 91.4 Å². The maximum Gasteiger partial charge on any atom is 0.511 e. The molecule has 0 unspecified atom stereocenters. The third-order valence-electron chi connectivity index (χ3n) is 4.04. The van der Waals surface area contributed by atoms with Gasteiger partial charge in [-0.1, -0.05) is 0 Å². The standard InChI is InChI=1S/C14H19F3N4O3S/c1-18-13(22)11-3-2-6-19-12(11)20-9-10-4-7-21(8-5-10)25(23,24)14(15,16)17/h2-3,6,10H,4-5,7-9H2,1H3,(H,18,22)(H,19,20). The summed E-state index contributed by atoms with van der Waals surface area (Å²) in [5, 5.41) is 5.52. The summed E-state index contributed by atoms with van der Waals surface area (Å²) in [7, 11) is -3.77. The van der Waals surface area contributed by atoms with E-state index in [1.54, 1.807) is 12.1 Å². The van der Waals surface area contributed by atoms with Crippen molar-refractivity contribution >= 4 is 21.7 Å². The molecular formula is C14H19F3N4O3S. The number of hydrogen-bond donors (Lipinski definition) is 2. The molecule has 0 saturated carbocycles. The van der Waals surface area contributed by atoms with Gasteiger partial charge in [0, 0.05) is 32.9 Å². The molecule has 2 heterocycles. The van der Waals surface area contributed by atoms with Crippen LogP contribution in [0.15, 0.2) is 18.3 Å². The van der Waals surface area contributed by atoms with Gasteiger partial charge < -0.3 is 10.6 Å². The van der Waals surface area contributed by atoms with Crippen molar-refractivity contribution in [3.63, 3.8) is 0 Å². The maximum atomic E-state index is 12.6. The van der Waals surface area contributed by atoms with E-state index in [4.69, 9.17) is 0 Å². The molecule has 1 amide bonds. The fraction of sp³-hybridized carbons (Fsp3) is 0.571.